The molecule has 1 aromatic rings. The van der Waals surface area contributed by atoms with Crippen molar-refractivity contribution in [1.29, 1.82) is 0 Å². The largest absolute Gasteiger partial charge is 0.481 e. The van der Waals surface area contributed by atoms with Crippen LogP contribution in [0.15, 0.2) is 30.3 Å². The molecule has 2 rings (SSSR count). The third-order valence-corrected chi connectivity index (χ3v) is 3.61. The van der Waals surface area contributed by atoms with Crippen LogP contribution in [0.4, 0.5) is 0 Å². The van der Waals surface area contributed by atoms with E-state index in [1.165, 1.54) is 6.08 Å². The molecule has 5 heteroatoms. The van der Waals surface area contributed by atoms with Crippen LogP contribution >= 0.6 is 11.6 Å². The third kappa shape index (κ3) is 3.84. The Balaban J connectivity index is 2.00. The Bertz CT molecular complexity index is 524. The van der Waals surface area contributed by atoms with E-state index in [1.54, 1.807) is 23.1 Å². The molecular formula is C15H16ClNO3. The number of carboxylic acids is 1. The number of hydrogen-bond acceptors (Lipinski definition) is 2. The van der Waals surface area contributed by atoms with E-state index in [0.717, 1.165) is 18.4 Å². The maximum Gasteiger partial charge on any atom is 0.305 e. The molecule has 106 valence electrons. The van der Waals surface area contributed by atoms with E-state index in [0.29, 0.717) is 11.6 Å². The number of rotatable bonds is 4. The molecular weight excluding hydrogens is 278 g/mol. The molecule has 1 unspecified atom stereocenters. The minimum atomic E-state index is -0.864. The molecule has 1 heterocycles. The standard InChI is InChI=1S/C15H16ClNO3/c16-12-6-3-11(4-7-12)5-8-14(18)17-9-1-2-13(17)10-15(19)20/h3-8,13H,1-2,9-10H2,(H,19,20)/b8-5+. The first kappa shape index (κ1) is 14.6. The van der Waals surface area contributed by atoms with Gasteiger partial charge in [-0.1, -0.05) is 23.7 Å². The normalized spacial score (nSPS) is 18.6. The fraction of sp³-hybridized carbons (Fsp3) is 0.333. The molecule has 0 aliphatic carbocycles. The van der Waals surface area contributed by atoms with E-state index >= 15 is 0 Å². The van der Waals surface area contributed by atoms with Gasteiger partial charge in [0.1, 0.15) is 0 Å². The molecule has 0 saturated carbocycles. The Morgan fingerprint density at radius 3 is 2.70 bits per heavy atom. The van der Waals surface area contributed by atoms with Gasteiger partial charge in [0.2, 0.25) is 5.91 Å². The van der Waals surface area contributed by atoms with Crippen LogP contribution in [0, 0.1) is 0 Å². The number of hydrogen-bond donors (Lipinski definition) is 1. The van der Waals surface area contributed by atoms with Gasteiger partial charge < -0.3 is 10.0 Å². The second kappa shape index (κ2) is 6.57. The second-order valence-corrected chi connectivity index (χ2v) is 5.25. The number of halogens is 1. The average molecular weight is 294 g/mol. The van der Waals surface area contributed by atoms with Crippen molar-refractivity contribution in [2.45, 2.75) is 25.3 Å². The van der Waals surface area contributed by atoms with Gasteiger partial charge in [-0.15, -0.1) is 0 Å². The van der Waals surface area contributed by atoms with Gasteiger partial charge in [0, 0.05) is 23.7 Å². The van der Waals surface area contributed by atoms with Crippen molar-refractivity contribution in [2.24, 2.45) is 0 Å². The fourth-order valence-corrected chi connectivity index (χ4v) is 2.50. The number of likely N-dealkylation sites (tertiary alicyclic amines) is 1. The molecule has 1 saturated heterocycles. The van der Waals surface area contributed by atoms with Gasteiger partial charge in [-0.3, -0.25) is 9.59 Å². The van der Waals surface area contributed by atoms with E-state index in [9.17, 15) is 9.59 Å². The van der Waals surface area contributed by atoms with Crippen molar-refractivity contribution in [2.75, 3.05) is 6.54 Å². The lowest BCUT2D eigenvalue weighted by Crippen LogP contribution is -2.35. The van der Waals surface area contributed by atoms with Crippen LogP contribution in [0.2, 0.25) is 5.02 Å². The van der Waals surface area contributed by atoms with Crippen LogP contribution in [0.25, 0.3) is 6.08 Å². The van der Waals surface area contributed by atoms with Gasteiger partial charge in [-0.25, -0.2) is 0 Å². The monoisotopic (exact) mass is 293 g/mol. The zero-order valence-corrected chi connectivity index (χ0v) is 11.7. The molecule has 1 fully saturated rings. The van der Waals surface area contributed by atoms with Crippen molar-refractivity contribution in [3.05, 3.63) is 40.9 Å². The van der Waals surface area contributed by atoms with Crippen molar-refractivity contribution < 1.29 is 14.7 Å². The van der Waals surface area contributed by atoms with E-state index < -0.39 is 5.97 Å². The Morgan fingerprint density at radius 1 is 1.35 bits per heavy atom. The predicted molar refractivity (Wildman–Crippen MR) is 77.5 cm³/mol. The highest BCUT2D eigenvalue weighted by Gasteiger charge is 2.28. The number of amides is 1. The molecule has 1 aliphatic heterocycles. The molecule has 0 spiro atoms. The Morgan fingerprint density at radius 2 is 2.05 bits per heavy atom. The summed E-state index contributed by atoms with van der Waals surface area (Å²) < 4.78 is 0. The summed E-state index contributed by atoms with van der Waals surface area (Å²) in [5, 5.41) is 9.49. The summed E-state index contributed by atoms with van der Waals surface area (Å²) in [6.07, 6.45) is 4.84. The van der Waals surface area contributed by atoms with Gasteiger partial charge in [0.15, 0.2) is 0 Å². The highest BCUT2D eigenvalue weighted by Crippen LogP contribution is 2.21. The smallest absolute Gasteiger partial charge is 0.305 e. The molecule has 4 nitrogen and oxygen atoms in total. The van der Waals surface area contributed by atoms with Gasteiger partial charge in [0.05, 0.1) is 6.42 Å². The van der Waals surface area contributed by atoms with Crippen molar-refractivity contribution in [3.63, 3.8) is 0 Å². The van der Waals surface area contributed by atoms with Crippen molar-refractivity contribution >= 4 is 29.6 Å². The van der Waals surface area contributed by atoms with Crippen molar-refractivity contribution in [3.8, 4) is 0 Å². The summed E-state index contributed by atoms with van der Waals surface area (Å²) in [7, 11) is 0. The Hall–Kier alpha value is -1.81. The summed E-state index contributed by atoms with van der Waals surface area (Å²) in [4.78, 5) is 24.5. The lowest BCUT2D eigenvalue weighted by molar-refractivity contribution is -0.139. The number of carbonyl (C=O) groups excluding carboxylic acids is 1. The number of carbonyl (C=O) groups is 2. The van der Waals surface area contributed by atoms with Crippen LogP contribution in [0.1, 0.15) is 24.8 Å². The number of aliphatic carboxylic acids is 1. The number of carboxylic acid groups (broad SMARTS) is 1. The highest BCUT2D eigenvalue weighted by molar-refractivity contribution is 6.30. The van der Waals surface area contributed by atoms with Gasteiger partial charge in [-0.2, -0.15) is 0 Å². The zero-order valence-electron chi connectivity index (χ0n) is 11.0. The molecule has 1 amide bonds. The molecule has 1 aliphatic rings. The molecule has 0 aromatic heterocycles. The van der Waals surface area contributed by atoms with Gasteiger partial charge in [0.25, 0.3) is 0 Å². The summed E-state index contributed by atoms with van der Waals surface area (Å²) in [5.41, 5.74) is 0.886. The maximum atomic E-state index is 12.1. The van der Waals surface area contributed by atoms with E-state index in [4.69, 9.17) is 16.7 Å². The first-order chi connectivity index (χ1) is 9.56. The SMILES string of the molecule is O=C(O)CC1CCCN1C(=O)/C=C/c1ccc(Cl)cc1. The van der Waals surface area contributed by atoms with Crippen LogP contribution in [-0.4, -0.2) is 34.5 Å². The topological polar surface area (TPSA) is 57.6 Å². The van der Waals surface area contributed by atoms with Gasteiger partial charge >= 0.3 is 5.97 Å². The summed E-state index contributed by atoms with van der Waals surface area (Å²) in [5.74, 6) is -1.000. The van der Waals surface area contributed by atoms with Crippen LogP contribution in [0.5, 0.6) is 0 Å². The second-order valence-electron chi connectivity index (χ2n) is 4.81. The van der Waals surface area contributed by atoms with E-state index in [-0.39, 0.29) is 18.4 Å². The molecule has 1 N–H and O–H groups in total. The summed E-state index contributed by atoms with van der Waals surface area (Å²) >= 11 is 5.79. The minimum absolute atomic E-state index is 0.0144. The third-order valence-electron chi connectivity index (χ3n) is 3.36. The predicted octanol–water partition coefficient (Wildman–Crippen LogP) is 2.82. The van der Waals surface area contributed by atoms with Gasteiger partial charge in [-0.05, 0) is 36.6 Å². The number of nitrogens with zero attached hydrogens (tertiary/aromatic N) is 1. The Labute approximate surface area is 122 Å². The molecule has 0 radical (unpaired) electrons. The maximum absolute atomic E-state index is 12.1. The minimum Gasteiger partial charge on any atom is -0.481 e. The van der Waals surface area contributed by atoms with Crippen LogP contribution < -0.4 is 0 Å². The molecule has 1 atom stereocenters. The van der Waals surface area contributed by atoms with E-state index in [1.807, 2.05) is 12.1 Å². The Kier molecular flexibility index (Phi) is 4.79. The molecule has 1 aromatic carbocycles. The quantitative estimate of drug-likeness (QED) is 0.869. The summed E-state index contributed by atoms with van der Waals surface area (Å²) in [6, 6.07) is 6.98. The molecule has 20 heavy (non-hydrogen) atoms. The van der Waals surface area contributed by atoms with Crippen LogP contribution in [-0.2, 0) is 9.59 Å². The first-order valence-electron chi connectivity index (χ1n) is 6.52. The first-order valence-corrected chi connectivity index (χ1v) is 6.90. The van der Waals surface area contributed by atoms with Crippen molar-refractivity contribution in [1.82, 2.24) is 4.90 Å². The van der Waals surface area contributed by atoms with E-state index in [2.05, 4.69) is 0 Å². The number of benzene rings is 1. The zero-order chi connectivity index (χ0) is 14.5. The lowest BCUT2D eigenvalue weighted by Gasteiger charge is -2.21. The summed E-state index contributed by atoms with van der Waals surface area (Å²) in [6.45, 7) is 0.627. The van der Waals surface area contributed by atoms with Crippen LogP contribution in [0.3, 0.4) is 0 Å². The molecule has 0 bridgehead atoms. The highest BCUT2D eigenvalue weighted by atomic mass is 35.5. The fourth-order valence-electron chi connectivity index (χ4n) is 2.38. The lowest BCUT2D eigenvalue weighted by atomic mass is 10.1. The average Bonchev–Trinajstić information content (AvgIpc) is 2.85.